The molecule has 70 valence electrons. The number of allylic oxidation sites excluding steroid dienone is 1. The van der Waals surface area contributed by atoms with Gasteiger partial charge in [0.1, 0.15) is 12.7 Å². The molecule has 0 aliphatic rings. The van der Waals surface area contributed by atoms with Crippen LogP contribution in [0.2, 0.25) is 0 Å². The quantitative estimate of drug-likeness (QED) is 0.366. The lowest BCUT2D eigenvalue weighted by Crippen LogP contribution is -2.21. The largest absolute Gasteiger partial charge is 0.460 e. The van der Waals surface area contributed by atoms with Crippen molar-refractivity contribution in [1.82, 2.24) is 0 Å². The van der Waals surface area contributed by atoms with Crippen LogP contribution in [-0.4, -0.2) is 35.5 Å². The molecule has 0 spiro atoms. The van der Waals surface area contributed by atoms with E-state index in [0.717, 1.165) is 6.08 Å². The molecule has 0 aromatic rings. The summed E-state index contributed by atoms with van der Waals surface area (Å²) in [5.41, 5.74) is 5.51. The first-order valence-corrected chi connectivity index (χ1v) is 3.45. The number of rotatable bonds is 4. The highest BCUT2D eigenvalue weighted by Gasteiger charge is 2.04. The first-order valence-electron chi connectivity index (χ1n) is 3.45. The molecule has 5 nitrogen and oxygen atoms in total. The van der Waals surface area contributed by atoms with Gasteiger partial charge in [0.05, 0.1) is 6.61 Å². The molecule has 0 saturated carbocycles. The van der Waals surface area contributed by atoms with Crippen LogP contribution >= 0.6 is 0 Å². The van der Waals surface area contributed by atoms with E-state index in [1.807, 2.05) is 0 Å². The van der Waals surface area contributed by atoms with Gasteiger partial charge < -0.3 is 20.7 Å². The van der Waals surface area contributed by atoms with Gasteiger partial charge in [-0.05, 0) is 6.92 Å². The third-order valence-corrected chi connectivity index (χ3v) is 0.974. The summed E-state index contributed by atoms with van der Waals surface area (Å²) in [6.45, 7) is 0.890. The van der Waals surface area contributed by atoms with Gasteiger partial charge in [0.2, 0.25) is 0 Å². The predicted octanol–water partition coefficient (Wildman–Crippen LogP) is -1.25. The van der Waals surface area contributed by atoms with Crippen LogP contribution in [0.25, 0.3) is 0 Å². The highest BCUT2D eigenvalue weighted by Crippen LogP contribution is 1.88. The Labute approximate surface area is 70.4 Å². The van der Waals surface area contributed by atoms with Crippen LogP contribution in [0.4, 0.5) is 0 Å². The van der Waals surface area contributed by atoms with E-state index in [0.29, 0.717) is 5.70 Å². The molecule has 0 aliphatic heterocycles. The number of esters is 1. The first-order chi connectivity index (χ1) is 5.56. The van der Waals surface area contributed by atoms with Gasteiger partial charge in [-0.3, -0.25) is 0 Å². The van der Waals surface area contributed by atoms with Gasteiger partial charge in [0.25, 0.3) is 0 Å². The molecule has 1 atom stereocenters. The Morgan fingerprint density at radius 1 is 1.75 bits per heavy atom. The molecule has 0 amide bonds. The molecular formula is C7H13NO4. The molecular weight excluding hydrogens is 162 g/mol. The molecule has 0 saturated heterocycles. The fourth-order valence-corrected chi connectivity index (χ4v) is 0.459. The van der Waals surface area contributed by atoms with Crippen LogP contribution in [0.5, 0.6) is 0 Å². The van der Waals surface area contributed by atoms with Crippen molar-refractivity contribution >= 4 is 5.97 Å². The van der Waals surface area contributed by atoms with Crippen LogP contribution in [0.1, 0.15) is 6.92 Å². The smallest absolute Gasteiger partial charge is 0.332 e. The minimum absolute atomic E-state index is 0.223. The lowest BCUT2D eigenvalue weighted by molar-refractivity contribution is -0.141. The van der Waals surface area contributed by atoms with Crippen molar-refractivity contribution in [3.8, 4) is 0 Å². The number of aliphatic hydroxyl groups excluding tert-OH is 2. The van der Waals surface area contributed by atoms with Crippen molar-refractivity contribution in [2.75, 3.05) is 13.2 Å². The van der Waals surface area contributed by atoms with E-state index in [4.69, 9.17) is 15.9 Å². The molecule has 0 heterocycles. The topological polar surface area (TPSA) is 92.8 Å². The second-order valence-corrected chi connectivity index (χ2v) is 2.35. The lowest BCUT2D eigenvalue weighted by atomic mass is 10.4. The highest BCUT2D eigenvalue weighted by molar-refractivity contribution is 5.82. The number of ether oxygens (including phenoxy) is 1. The maximum atomic E-state index is 10.7. The summed E-state index contributed by atoms with van der Waals surface area (Å²) in [4.78, 5) is 10.7. The summed E-state index contributed by atoms with van der Waals surface area (Å²) >= 11 is 0. The zero-order valence-corrected chi connectivity index (χ0v) is 6.86. The maximum Gasteiger partial charge on any atom is 0.332 e. The lowest BCUT2D eigenvalue weighted by Gasteiger charge is -2.06. The Morgan fingerprint density at radius 2 is 2.33 bits per heavy atom. The van der Waals surface area contributed by atoms with Crippen LogP contribution in [0.3, 0.4) is 0 Å². The number of carbonyl (C=O) groups excluding carboxylic acids is 1. The molecule has 0 aromatic heterocycles. The van der Waals surface area contributed by atoms with Crippen LogP contribution in [0, 0.1) is 0 Å². The van der Waals surface area contributed by atoms with E-state index in [-0.39, 0.29) is 6.61 Å². The first kappa shape index (κ1) is 10.9. The summed E-state index contributed by atoms with van der Waals surface area (Å²) in [6, 6.07) is 0. The second kappa shape index (κ2) is 5.56. The van der Waals surface area contributed by atoms with Gasteiger partial charge in [0.15, 0.2) is 0 Å². The average Bonchev–Trinajstić information content (AvgIpc) is 1.99. The third kappa shape index (κ3) is 5.70. The van der Waals surface area contributed by atoms with Gasteiger partial charge >= 0.3 is 5.97 Å². The minimum Gasteiger partial charge on any atom is -0.460 e. The molecule has 0 aliphatic carbocycles. The van der Waals surface area contributed by atoms with Gasteiger partial charge in [-0.1, -0.05) is 0 Å². The predicted molar refractivity (Wildman–Crippen MR) is 42.0 cm³/mol. The fourth-order valence-electron chi connectivity index (χ4n) is 0.459. The number of hydrogen-bond acceptors (Lipinski definition) is 5. The van der Waals surface area contributed by atoms with Crippen LogP contribution < -0.4 is 5.73 Å². The summed E-state index contributed by atoms with van der Waals surface area (Å²) in [6.07, 6.45) is 0.0739. The van der Waals surface area contributed by atoms with Crippen molar-refractivity contribution < 1.29 is 19.7 Å². The fraction of sp³-hybridized carbons (Fsp3) is 0.571. The molecule has 12 heavy (non-hydrogen) atoms. The van der Waals surface area contributed by atoms with Crippen molar-refractivity contribution in [2.24, 2.45) is 5.73 Å². The van der Waals surface area contributed by atoms with E-state index < -0.39 is 18.7 Å². The van der Waals surface area contributed by atoms with E-state index in [9.17, 15) is 4.79 Å². The zero-order chi connectivity index (χ0) is 9.56. The summed E-state index contributed by atoms with van der Waals surface area (Å²) in [5, 5.41) is 17.1. The molecule has 5 heteroatoms. The Hall–Kier alpha value is -1.07. The average molecular weight is 175 g/mol. The normalized spacial score (nSPS) is 14.1. The third-order valence-electron chi connectivity index (χ3n) is 0.974. The SMILES string of the molecule is CC(N)=CC(=O)OCC(O)CO. The van der Waals surface area contributed by atoms with E-state index in [2.05, 4.69) is 4.74 Å². The van der Waals surface area contributed by atoms with Crippen molar-refractivity contribution in [3.63, 3.8) is 0 Å². The number of carbonyl (C=O) groups is 1. The monoisotopic (exact) mass is 175 g/mol. The molecule has 0 fully saturated rings. The minimum atomic E-state index is -1.03. The number of aliphatic hydroxyl groups is 2. The number of hydrogen-bond donors (Lipinski definition) is 3. The standard InChI is InChI=1S/C7H13NO4/c1-5(8)2-7(11)12-4-6(10)3-9/h2,6,9-10H,3-4,8H2,1H3. The molecule has 1 unspecified atom stereocenters. The Kier molecular flexibility index (Phi) is 5.07. The van der Waals surface area contributed by atoms with Gasteiger partial charge in [-0.25, -0.2) is 4.79 Å². The molecule has 0 aromatic carbocycles. The van der Waals surface area contributed by atoms with Gasteiger partial charge in [-0.15, -0.1) is 0 Å². The van der Waals surface area contributed by atoms with Crippen molar-refractivity contribution in [2.45, 2.75) is 13.0 Å². The van der Waals surface area contributed by atoms with Crippen LogP contribution in [0.15, 0.2) is 11.8 Å². The van der Waals surface area contributed by atoms with Crippen LogP contribution in [-0.2, 0) is 9.53 Å². The Balaban J connectivity index is 3.65. The molecule has 4 N–H and O–H groups in total. The van der Waals surface area contributed by atoms with Gasteiger partial charge in [-0.2, -0.15) is 0 Å². The summed E-state index contributed by atoms with van der Waals surface area (Å²) < 4.78 is 4.50. The zero-order valence-electron chi connectivity index (χ0n) is 6.86. The molecule has 0 radical (unpaired) electrons. The van der Waals surface area contributed by atoms with E-state index in [1.165, 1.54) is 0 Å². The highest BCUT2D eigenvalue weighted by atomic mass is 16.5. The molecule has 0 rings (SSSR count). The maximum absolute atomic E-state index is 10.7. The summed E-state index contributed by atoms with van der Waals surface area (Å²) in [7, 11) is 0. The number of nitrogens with two attached hydrogens (primary N) is 1. The Bertz CT molecular complexity index is 174. The van der Waals surface area contributed by atoms with Gasteiger partial charge in [0, 0.05) is 11.8 Å². The second-order valence-electron chi connectivity index (χ2n) is 2.35. The summed E-state index contributed by atoms with van der Waals surface area (Å²) in [5.74, 6) is -0.623. The molecule has 0 bridgehead atoms. The van der Waals surface area contributed by atoms with E-state index in [1.54, 1.807) is 6.92 Å². The van der Waals surface area contributed by atoms with E-state index >= 15 is 0 Å². The van der Waals surface area contributed by atoms with Crippen molar-refractivity contribution in [1.29, 1.82) is 0 Å². The van der Waals surface area contributed by atoms with Crippen molar-refractivity contribution in [3.05, 3.63) is 11.8 Å². The Morgan fingerprint density at radius 3 is 2.75 bits per heavy atom.